The molecule has 148 valence electrons. The topological polar surface area (TPSA) is 65.5 Å². The van der Waals surface area contributed by atoms with Crippen molar-refractivity contribution >= 4 is 28.9 Å². The van der Waals surface area contributed by atoms with Crippen molar-refractivity contribution in [2.24, 2.45) is 0 Å². The van der Waals surface area contributed by atoms with Crippen molar-refractivity contribution in [3.8, 4) is 0 Å². The lowest BCUT2D eigenvalue weighted by Gasteiger charge is -2.20. The third-order valence-corrected chi connectivity index (χ3v) is 4.51. The number of carbonyl (C=O) groups is 2. The Morgan fingerprint density at radius 3 is 2.24 bits per heavy atom. The van der Waals surface area contributed by atoms with E-state index < -0.39 is 0 Å². The molecule has 3 rings (SSSR count). The highest BCUT2D eigenvalue weighted by atomic mass is 16.2. The van der Waals surface area contributed by atoms with Crippen LogP contribution in [-0.4, -0.2) is 37.4 Å². The fourth-order valence-electron chi connectivity index (χ4n) is 2.92. The van der Waals surface area contributed by atoms with E-state index in [0.29, 0.717) is 17.8 Å². The van der Waals surface area contributed by atoms with Crippen LogP contribution in [0, 0.1) is 0 Å². The highest BCUT2D eigenvalue weighted by molar-refractivity contribution is 6.08. The second-order valence-electron chi connectivity index (χ2n) is 6.71. The van der Waals surface area contributed by atoms with Crippen molar-refractivity contribution < 1.29 is 9.59 Å². The van der Waals surface area contributed by atoms with Crippen molar-refractivity contribution in [1.29, 1.82) is 0 Å². The van der Waals surface area contributed by atoms with Crippen LogP contribution in [0.5, 0.6) is 0 Å². The summed E-state index contributed by atoms with van der Waals surface area (Å²) >= 11 is 0. The maximum Gasteiger partial charge on any atom is 0.276 e. The highest BCUT2D eigenvalue weighted by Crippen LogP contribution is 2.18. The lowest BCUT2D eigenvalue weighted by Crippen LogP contribution is -2.31. The molecule has 0 aliphatic rings. The Bertz CT molecular complexity index is 985. The van der Waals surface area contributed by atoms with Crippen LogP contribution in [0.2, 0.25) is 0 Å². The van der Waals surface area contributed by atoms with Gasteiger partial charge in [0.15, 0.2) is 0 Å². The van der Waals surface area contributed by atoms with E-state index in [0.717, 1.165) is 11.4 Å². The number of anilines is 3. The molecule has 6 heteroatoms. The Kier molecular flexibility index (Phi) is 6.24. The zero-order valence-electron chi connectivity index (χ0n) is 16.8. The van der Waals surface area contributed by atoms with Gasteiger partial charge >= 0.3 is 0 Å². The van der Waals surface area contributed by atoms with Crippen LogP contribution < -0.4 is 15.1 Å². The highest BCUT2D eigenvalue weighted by Gasteiger charge is 2.19. The van der Waals surface area contributed by atoms with Gasteiger partial charge < -0.3 is 15.1 Å². The maximum atomic E-state index is 12.9. The van der Waals surface area contributed by atoms with E-state index in [1.165, 1.54) is 12.3 Å². The molecular weight excluding hydrogens is 364 g/mol. The molecule has 0 saturated carbocycles. The molecule has 29 heavy (non-hydrogen) atoms. The molecule has 6 nitrogen and oxygen atoms in total. The molecule has 0 bridgehead atoms. The number of amides is 2. The molecule has 0 atom stereocenters. The van der Waals surface area contributed by atoms with E-state index in [-0.39, 0.29) is 17.5 Å². The monoisotopic (exact) mass is 388 g/mol. The number of pyridine rings is 1. The van der Waals surface area contributed by atoms with E-state index in [9.17, 15) is 9.59 Å². The standard InChI is InChI=1S/C23H24N4O2/c1-4-27(20-8-6-5-7-9-20)23(29)21-16-17(14-15-24-21)22(28)25-18-10-12-19(13-11-18)26(2)3/h5-16H,4H2,1-3H3,(H,25,28). The van der Waals surface area contributed by atoms with Gasteiger partial charge in [-0.3, -0.25) is 14.6 Å². The molecule has 0 saturated heterocycles. The first-order chi connectivity index (χ1) is 14.0. The number of para-hydroxylation sites is 1. The largest absolute Gasteiger partial charge is 0.378 e. The summed E-state index contributed by atoms with van der Waals surface area (Å²) in [5.74, 6) is -0.537. The van der Waals surface area contributed by atoms with Gasteiger partial charge in [0.2, 0.25) is 0 Å². The second kappa shape index (κ2) is 9.01. The van der Waals surface area contributed by atoms with Gasteiger partial charge in [0.05, 0.1) is 0 Å². The molecule has 0 aliphatic carbocycles. The zero-order valence-corrected chi connectivity index (χ0v) is 16.8. The minimum atomic E-state index is -0.290. The molecule has 3 aromatic rings. The van der Waals surface area contributed by atoms with Crippen LogP contribution in [0.1, 0.15) is 27.8 Å². The van der Waals surface area contributed by atoms with E-state index in [1.54, 1.807) is 11.0 Å². The molecule has 2 amide bonds. The Hall–Kier alpha value is -3.67. The van der Waals surface area contributed by atoms with Crippen molar-refractivity contribution in [1.82, 2.24) is 4.98 Å². The predicted molar refractivity (Wildman–Crippen MR) is 117 cm³/mol. The van der Waals surface area contributed by atoms with Crippen molar-refractivity contribution in [3.63, 3.8) is 0 Å². The first kappa shape index (κ1) is 20.1. The second-order valence-corrected chi connectivity index (χ2v) is 6.71. The molecule has 0 spiro atoms. The Morgan fingerprint density at radius 1 is 0.931 bits per heavy atom. The summed E-state index contributed by atoms with van der Waals surface area (Å²) in [4.78, 5) is 33.4. The number of hydrogen-bond donors (Lipinski definition) is 1. The number of hydrogen-bond acceptors (Lipinski definition) is 4. The zero-order chi connectivity index (χ0) is 20.8. The fraction of sp³-hybridized carbons (Fsp3) is 0.174. The average molecular weight is 388 g/mol. The van der Waals surface area contributed by atoms with Gasteiger partial charge in [0.25, 0.3) is 11.8 Å². The van der Waals surface area contributed by atoms with Crippen LogP contribution >= 0.6 is 0 Å². The first-order valence-corrected chi connectivity index (χ1v) is 9.41. The third kappa shape index (κ3) is 4.79. The summed E-state index contributed by atoms with van der Waals surface area (Å²) in [6.45, 7) is 2.40. The lowest BCUT2D eigenvalue weighted by molar-refractivity contribution is 0.0983. The van der Waals surface area contributed by atoms with Gasteiger partial charge in [0, 0.05) is 49.5 Å². The van der Waals surface area contributed by atoms with Crippen molar-refractivity contribution in [2.75, 3.05) is 35.8 Å². The molecule has 0 fully saturated rings. The van der Waals surface area contributed by atoms with E-state index >= 15 is 0 Å². The number of aromatic nitrogens is 1. The van der Waals surface area contributed by atoms with Crippen molar-refractivity contribution in [2.45, 2.75) is 6.92 Å². The lowest BCUT2D eigenvalue weighted by atomic mass is 10.2. The smallest absolute Gasteiger partial charge is 0.276 e. The third-order valence-electron chi connectivity index (χ3n) is 4.51. The van der Waals surface area contributed by atoms with E-state index in [1.807, 2.05) is 80.5 Å². The SMILES string of the molecule is CCN(C(=O)c1cc(C(=O)Nc2ccc(N(C)C)cc2)ccn1)c1ccccc1. The summed E-state index contributed by atoms with van der Waals surface area (Å²) in [6.07, 6.45) is 1.48. The fourth-order valence-corrected chi connectivity index (χ4v) is 2.92. The van der Waals surface area contributed by atoms with Crippen LogP contribution in [-0.2, 0) is 0 Å². The molecular formula is C23H24N4O2. The number of rotatable bonds is 6. The van der Waals surface area contributed by atoms with Gasteiger partial charge in [-0.1, -0.05) is 18.2 Å². The van der Waals surface area contributed by atoms with Gasteiger partial charge in [-0.25, -0.2) is 0 Å². The minimum Gasteiger partial charge on any atom is -0.378 e. The molecule has 0 aliphatic heterocycles. The van der Waals surface area contributed by atoms with Crippen LogP contribution in [0.3, 0.4) is 0 Å². The molecule has 1 N–H and O–H groups in total. The normalized spacial score (nSPS) is 10.3. The summed E-state index contributed by atoms with van der Waals surface area (Å²) < 4.78 is 0. The molecule has 0 unspecified atom stereocenters. The van der Waals surface area contributed by atoms with Gasteiger partial charge in [-0.2, -0.15) is 0 Å². The molecule has 2 aromatic carbocycles. The van der Waals surface area contributed by atoms with Gasteiger partial charge in [0.1, 0.15) is 5.69 Å². The predicted octanol–water partition coefficient (Wildman–Crippen LogP) is 4.07. The number of carbonyl (C=O) groups excluding carboxylic acids is 2. The number of nitrogens with one attached hydrogen (secondary N) is 1. The molecule has 1 aromatic heterocycles. The summed E-state index contributed by atoms with van der Waals surface area (Å²) in [7, 11) is 3.91. The van der Waals surface area contributed by atoms with Gasteiger partial charge in [-0.15, -0.1) is 0 Å². The quantitative estimate of drug-likeness (QED) is 0.691. The Morgan fingerprint density at radius 2 is 1.62 bits per heavy atom. The Balaban J connectivity index is 1.77. The number of nitrogens with zero attached hydrogens (tertiary/aromatic N) is 3. The minimum absolute atomic E-state index is 0.228. The van der Waals surface area contributed by atoms with E-state index in [4.69, 9.17) is 0 Å². The molecule has 1 heterocycles. The molecule has 0 radical (unpaired) electrons. The van der Waals surface area contributed by atoms with Crippen LogP contribution in [0.25, 0.3) is 0 Å². The van der Waals surface area contributed by atoms with Gasteiger partial charge in [-0.05, 0) is 55.5 Å². The van der Waals surface area contributed by atoms with Crippen LogP contribution in [0.4, 0.5) is 17.1 Å². The van der Waals surface area contributed by atoms with Crippen LogP contribution in [0.15, 0.2) is 72.9 Å². The average Bonchev–Trinajstić information content (AvgIpc) is 2.75. The first-order valence-electron chi connectivity index (χ1n) is 9.41. The Labute approximate surface area is 170 Å². The summed E-state index contributed by atoms with van der Waals surface area (Å²) in [6, 6.07) is 20.1. The summed E-state index contributed by atoms with van der Waals surface area (Å²) in [5.41, 5.74) is 3.12. The maximum absolute atomic E-state index is 12.9. The van der Waals surface area contributed by atoms with Crippen molar-refractivity contribution in [3.05, 3.63) is 84.2 Å². The summed E-state index contributed by atoms with van der Waals surface area (Å²) in [5, 5.41) is 2.86. The number of benzene rings is 2. The van der Waals surface area contributed by atoms with E-state index in [2.05, 4.69) is 10.3 Å².